The molecule has 5 fully saturated rings. The van der Waals surface area contributed by atoms with Crippen LogP contribution in [0.2, 0.25) is 0 Å². The zero-order chi connectivity index (χ0) is 20.3. The van der Waals surface area contributed by atoms with E-state index in [9.17, 15) is 9.90 Å². The number of piperidine rings is 1. The van der Waals surface area contributed by atoms with Crippen LogP contribution in [0.3, 0.4) is 0 Å². The fourth-order valence-corrected chi connectivity index (χ4v) is 7.62. The van der Waals surface area contributed by atoms with Crippen molar-refractivity contribution in [2.45, 2.75) is 76.0 Å². The molecule has 1 unspecified atom stereocenters. The molecule has 5 bridgehead atoms. The number of aliphatic hydroxyl groups is 1. The van der Waals surface area contributed by atoms with Gasteiger partial charge < -0.3 is 24.1 Å². The van der Waals surface area contributed by atoms with Gasteiger partial charge in [0.2, 0.25) is 11.5 Å². The quantitative estimate of drug-likeness (QED) is 0.720. The van der Waals surface area contributed by atoms with Crippen LogP contribution in [0.15, 0.2) is 22.9 Å². The molecule has 29 heavy (non-hydrogen) atoms. The van der Waals surface area contributed by atoms with Gasteiger partial charge in [0.15, 0.2) is 5.76 Å². The highest BCUT2D eigenvalue weighted by molar-refractivity contribution is 5.93. The van der Waals surface area contributed by atoms with Crippen LogP contribution in [0, 0.1) is 17.8 Å². The Bertz CT molecular complexity index is 863. The topological polar surface area (TPSA) is 77.5 Å². The molecule has 1 spiro atoms. The average Bonchev–Trinajstić information content (AvgIpc) is 3.38. The summed E-state index contributed by atoms with van der Waals surface area (Å²) in [5, 5.41) is 9.95. The fourth-order valence-electron chi connectivity index (χ4n) is 7.62. The standard InChI is InChI=1S/C22H29NO6/c1-10(24)5-7-21-14-6-8-23(21)13-9-15(21)28-22(14)16(13)11(2)18(29-22)19-17(26-4)12(3)20(25)27-19/h10-11,13-16,24H,5-9H2,1-4H3/b19-18-/t10-,11-,13-,14-,15+,16+,21-,22+/m0/s1. The summed E-state index contributed by atoms with van der Waals surface area (Å²) in [4.78, 5) is 14.9. The molecule has 0 radical (unpaired) electrons. The highest BCUT2D eigenvalue weighted by Crippen LogP contribution is 2.73. The summed E-state index contributed by atoms with van der Waals surface area (Å²) in [6, 6.07) is 0.405. The van der Waals surface area contributed by atoms with Gasteiger partial charge in [-0.25, -0.2) is 4.79 Å². The lowest BCUT2D eigenvalue weighted by Crippen LogP contribution is -2.61. The Morgan fingerprint density at radius 2 is 2.21 bits per heavy atom. The van der Waals surface area contributed by atoms with Crippen LogP contribution in [0.25, 0.3) is 0 Å². The summed E-state index contributed by atoms with van der Waals surface area (Å²) in [5.74, 6) is 1.15. The number of ether oxygens (including phenoxy) is 4. The molecule has 6 aliphatic heterocycles. The van der Waals surface area contributed by atoms with E-state index in [2.05, 4.69) is 11.8 Å². The Kier molecular flexibility index (Phi) is 3.49. The predicted octanol–water partition coefficient (Wildman–Crippen LogP) is 2.06. The second-order valence-corrected chi connectivity index (χ2v) is 9.70. The number of hydrogen-bond donors (Lipinski definition) is 1. The number of carbonyl (C=O) groups excluding carboxylic acids is 1. The van der Waals surface area contributed by atoms with Gasteiger partial charge in [0, 0.05) is 17.9 Å². The number of cyclic esters (lactones) is 1. The molecule has 6 heterocycles. The summed E-state index contributed by atoms with van der Waals surface area (Å²) in [7, 11) is 1.56. The summed E-state index contributed by atoms with van der Waals surface area (Å²) < 4.78 is 24.5. The Hall–Kier alpha value is -1.57. The van der Waals surface area contributed by atoms with Crippen LogP contribution in [0.4, 0.5) is 0 Å². The lowest BCUT2D eigenvalue weighted by Gasteiger charge is -2.48. The number of nitrogens with zero attached hydrogens (tertiary/aromatic N) is 1. The number of aliphatic hydroxyl groups excluding tert-OH is 1. The second kappa shape index (κ2) is 5.56. The molecule has 0 aromatic rings. The van der Waals surface area contributed by atoms with Crippen LogP contribution < -0.4 is 0 Å². The average molecular weight is 403 g/mol. The van der Waals surface area contributed by atoms with E-state index in [1.54, 1.807) is 14.0 Å². The fraction of sp³-hybridized carbons (Fsp3) is 0.773. The van der Waals surface area contributed by atoms with Crippen LogP contribution in [0.1, 0.15) is 46.5 Å². The van der Waals surface area contributed by atoms with Gasteiger partial charge in [0.05, 0.1) is 36.3 Å². The van der Waals surface area contributed by atoms with Crippen molar-refractivity contribution in [3.8, 4) is 0 Å². The molecular formula is C22H29NO6. The minimum Gasteiger partial charge on any atom is -0.492 e. The molecule has 158 valence electrons. The van der Waals surface area contributed by atoms with E-state index < -0.39 is 5.79 Å². The van der Waals surface area contributed by atoms with Crippen molar-refractivity contribution in [3.05, 3.63) is 22.9 Å². The number of methoxy groups -OCH3 is 1. The maximum Gasteiger partial charge on any atom is 0.343 e. The van der Waals surface area contributed by atoms with Gasteiger partial charge in [-0.1, -0.05) is 6.92 Å². The van der Waals surface area contributed by atoms with Crippen molar-refractivity contribution in [2.75, 3.05) is 13.7 Å². The van der Waals surface area contributed by atoms with Gasteiger partial charge in [-0.3, -0.25) is 4.90 Å². The summed E-state index contributed by atoms with van der Waals surface area (Å²) in [5.41, 5.74) is 0.451. The largest absolute Gasteiger partial charge is 0.492 e. The normalized spacial score (nSPS) is 52.2. The SMILES string of the molecule is COC1=C(C)C(=O)O/C1=C1\O[C@@]23O[C@@H]4C[C@@H]([C@H]2[C@@H]1C)N1CC[C@H]3[C@@]41CC[C@H](C)O. The van der Waals surface area contributed by atoms with Gasteiger partial charge in [0.1, 0.15) is 5.76 Å². The van der Waals surface area contributed by atoms with E-state index in [4.69, 9.17) is 18.9 Å². The number of allylic oxidation sites excluding steroid dienone is 1. The van der Waals surface area contributed by atoms with Gasteiger partial charge >= 0.3 is 5.97 Å². The minimum atomic E-state index is -0.650. The third-order valence-electron chi connectivity index (χ3n) is 8.56. The Morgan fingerprint density at radius 3 is 2.93 bits per heavy atom. The molecule has 1 N–H and O–H groups in total. The number of fused-ring (bicyclic) bond motifs is 1. The molecule has 0 aromatic carbocycles. The maximum absolute atomic E-state index is 12.2. The number of rotatable bonds is 4. The van der Waals surface area contributed by atoms with Crippen LogP contribution in [-0.2, 0) is 23.7 Å². The van der Waals surface area contributed by atoms with Crippen LogP contribution in [-0.4, -0.2) is 59.2 Å². The van der Waals surface area contributed by atoms with Gasteiger partial charge in [-0.15, -0.1) is 0 Å². The van der Waals surface area contributed by atoms with Crippen molar-refractivity contribution >= 4 is 5.97 Å². The smallest absolute Gasteiger partial charge is 0.343 e. The van der Waals surface area contributed by atoms with Gasteiger partial charge in [-0.2, -0.15) is 0 Å². The molecule has 0 saturated carbocycles. The molecule has 0 amide bonds. The van der Waals surface area contributed by atoms with Crippen molar-refractivity contribution in [1.82, 2.24) is 4.90 Å². The summed E-state index contributed by atoms with van der Waals surface area (Å²) >= 11 is 0. The van der Waals surface area contributed by atoms with Gasteiger partial charge in [-0.05, 0) is 46.1 Å². The third-order valence-corrected chi connectivity index (χ3v) is 8.56. The third kappa shape index (κ3) is 1.89. The van der Waals surface area contributed by atoms with E-state index >= 15 is 0 Å². The highest BCUT2D eigenvalue weighted by atomic mass is 16.7. The van der Waals surface area contributed by atoms with E-state index in [0.717, 1.165) is 32.2 Å². The number of carbonyl (C=O) groups is 1. The Balaban J connectivity index is 1.44. The zero-order valence-electron chi connectivity index (χ0n) is 17.4. The summed E-state index contributed by atoms with van der Waals surface area (Å²) in [6.07, 6.45) is 3.61. The number of esters is 1. The van der Waals surface area contributed by atoms with E-state index in [-0.39, 0.29) is 41.5 Å². The molecule has 6 rings (SSSR count). The molecule has 5 saturated heterocycles. The zero-order valence-corrected chi connectivity index (χ0v) is 17.4. The molecule has 9 atom stereocenters. The molecule has 7 heteroatoms. The second-order valence-electron chi connectivity index (χ2n) is 9.70. The molecule has 7 nitrogen and oxygen atoms in total. The van der Waals surface area contributed by atoms with E-state index in [1.165, 1.54) is 0 Å². The first-order valence-corrected chi connectivity index (χ1v) is 10.9. The van der Waals surface area contributed by atoms with Crippen molar-refractivity contribution in [2.24, 2.45) is 17.8 Å². The van der Waals surface area contributed by atoms with Crippen molar-refractivity contribution in [3.63, 3.8) is 0 Å². The van der Waals surface area contributed by atoms with Crippen LogP contribution in [0.5, 0.6) is 0 Å². The maximum atomic E-state index is 12.2. The van der Waals surface area contributed by atoms with Gasteiger partial charge in [0.25, 0.3) is 0 Å². The first kappa shape index (κ1) is 18.2. The minimum absolute atomic E-state index is 0.0276. The van der Waals surface area contributed by atoms with E-state index in [1.807, 2.05) is 6.92 Å². The molecular weight excluding hydrogens is 374 g/mol. The number of hydrogen-bond acceptors (Lipinski definition) is 7. The molecule has 0 aromatic heterocycles. The van der Waals surface area contributed by atoms with Crippen molar-refractivity contribution < 1.29 is 28.8 Å². The van der Waals surface area contributed by atoms with Crippen molar-refractivity contribution in [1.29, 1.82) is 0 Å². The first-order valence-electron chi connectivity index (χ1n) is 10.9. The lowest BCUT2D eigenvalue weighted by atomic mass is 9.69. The van der Waals surface area contributed by atoms with Crippen LogP contribution >= 0.6 is 0 Å². The Labute approximate surface area is 170 Å². The van der Waals surface area contributed by atoms with E-state index in [0.29, 0.717) is 28.9 Å². The first-order chi connectivity index (χ1) is 13.8. The predicted molar refractivity (Wildman–Crippen MR) is 101 cm³/mol. The monoisotopic (exact) mass is 403 g/mol. The Morgan fingerprint density at radius 1 is 1.41 bits per heavy atom. The molecule has 0 aliphatic carbocycles. The lowest BCUT2D eigenvalue weighted by molar-refractivity contribution is -0.256. The summed E-state index contributed by atoms with van der Waals surface area (Å²) in [6.45, 7) is 6.82. The molecule has 6 aliphatic rings. The highest BCUT2D eigenvalue weighted by Gasteiger charge is 2.84.